The van der Waals surface area contributed by atoms with E-state index in [1.807, 2.05) is 16.8 Å². The highest BCUT2D eigenvalue weighted by atomic mass is 16.1. The predicted molar refractivity (Wildman–Crippen MR) is 124 cm³/mol. The van der Waals surface area contributed by atoms with Crippen LogP contribution in [0.4, 0.5) is 5.69 Å². The van der Waals surface area contributed by atoms with E-state index < -0.39 is 0 Å². The van der Waals surface area contributed by atoms with Crippen LogP contribution in [-0.4, -0.2) is 52.3 Å². The van der Waals surface area contributed by atoms with Crippen LogP contribution < -0.4 is 4.90 Å². The highest BCUT2D eigenvalue weighted by Gasteiger charge is 2.31. The Morgan fingerprint density at radius 3 is 2.94 bits per heavy atom. The molecule has 0 unspecified atom stereocenters. The molecule has 5 nitrogen and oxygen atoms in total. The first-order valence-electron chi connectivity index (χ1n) is 11.5. The van der Waals surface area contributed by atoms with Gasteiger partial charge < -0.3 is 9.30 Å². The van der Waals surface area contributed by atoms with Gasteiger partial charge in [0.2, 0.25) is 0 Å². The summed E-state index contributed by atoms with van der Waals surface area (Å²) in [5.74, 6) is 0.178. The molecule has 4 heterocycles. The number of anilines is 1. The lowest BCUT2D eigenvalue weighted by atomic mass is 10.0. The second-order valence-electron chi connectivity index (χ2n) is 9.24. The molecule has 2 saturated heterocycles. The van der Waals surface area contributed by atoms with E-state index in [0.717, 1.165) is 48.5 Å². The lowest BCUT2D eigenvalue weighted by Crippen LogP contribution is -2.50. The van der Waals surface area contributed by atoms with E-state index in [1.165, 1.54) is 36.2 Å². The fourth-order valence-corrected chi connectivity index (χ4v) is 5.42. The third kappa shape index (κ3) is 3.37. The van der Waals surface area contributed by atoms with Crippen molar-refractivity contribution in [3.05, 3.63) is 65.1 Å². The Balaban J connectivity index is 1.33. The molecular weight excluding hydrogens is 384 g/mol. The fourth-order valence-electron chi connectivity index (χ4n) is 5.42. The largest absolute Gasteiger partial charge is 0.369 e. The van der Waals surface area contributed by atoms with Crippen molar-refractivity contribution in [1.82, 2.24) is 14.3 Å². The van der Waals surface area contributed by atoms with E-state index in [2.05, 4.69) is 53.1 Å². The number of benzene rings is 1. The minimum atomic E-state index is 0.178. The maximum absolute atomic E-state index is 13.0. The minimum Gasteiger partial charge on any atom is -0.369 e. The Labute approximate surface area is 183 Å². The molecule has 5 heteroatoms. The Morgan fingerprint density at radius 2 is 2.00 bits per heavy atom. The number of piperazine rings is 1. The highest BCUT2D eigenvalue weighted by Crippen LogP contribution is 2.31. The van der Waals surface area contributed by atoms with Crippen LogP contribution in [0.3, 0.4) is 0 Å². The number of fused-ring (bicyclic) bond motifs is 3. The first-order chi connectivity index (χ1) is 15.1. The van der Waals surface area contributed by atoms with Gasteiger partial charge >= 0.3 is 0 Å². The van der Waals surface area contributed by atoms with E-state index >= 15 is 0 Å². The lowest BCUT2D eigenvalue weighted by Gasteiger charge is -2.39. The summed E-state index contributed by atoms with van der Waals surface area (Å²) in [6.07, 6.45) is 10.0. The maximum atomic E-state index is 13.0. The van der Waals surface area contributed by atoms with Gasteiger partial charge in [0.05, 0.1) is 5.69 Å². The Bertz CT molecular complexity index is 1210. The number of carbonyl (C=O) groups is 1. The van der Waals surface area contributed by atoms with Crippen molar-refractivity contribution in [3.8, 4) is 0 Å². The van der Waals surface area contributed by atoms with Crippen LogP contribution in [-0.2, 0) is 11.2 Å². The number of carbonyl (C=O) groups excluding carboxylic acids is 1. The fraction of sp³-hybridized carbons (Fsp3) is 0.385. The third-order valence-corrected chi connectivity index (χ3v) is 7.19. The van der Waals surface area contributed by atoms with Gasteiger partial charge in [0.1, 0.15) is 5.65 Å². The van der Waals surface area contributed by atoms with Gasteiger partial charge in [-0.1, -0.05) is 6.07 Å². The lowest BCUT2D eigenvalue weighted by molar-refractivity contribution is -0.113. The van der Waals surface area contributed by atoms with Crippen molar-refractivity contribution < 1.29 is 4.79 Å². The van der Waals surface area contributed by atoms with Gasteiger partial charge in [0.15, 0.2) is 5.78 Å². The predicted octanol–water partition coefficient (Wildman–Crippen LogP) is 3.98. The molecule has 0 saturated carbocycles. The van der Waals surface area contributed by atoms with Crippen LogP contribution in [0.2, 0.25) is 0 Å². The molecule has 158 valence electrons. The summed E-state index contributed by atoms with van der Waals surface area (Å²) in [6.45, 7) is 6.71. The van der Waals surface area contributed by atoms with E-state index in [4.69, 9.17) is 4.98 Å². The molecule has 6 rings (SSSR count). The molecule has 0 radical (unpaired) electrons. The molecule has 1 atom stereocenters. The molecule has 3 aromatic rings. The number of hydrogen-bond acceptors (Lipinski definition) is 4. The third-order valence-electron chi connectivity index (χ3n) is 7.19. The molecule has 0 spiro atoms. The Morgan fingerprint density at radius 1 is 1.06 bits per heavy atom. The summed E-state index contributed by atoms with van der Waals surface area (Å²) in [4.78, 5) is 22.9. The van der Waals surface area contributed by atoms with Crippen LogP contribution >= 0.6 is 0 Å². The normalized spacial score (nSPS) is 21.7. The molecule has 2 aromatic heterocycles. The monoisotopic (exact) mass is 412 g/mol. The number of pyridine rings is 1. The number of aromatic nitrogens is 2. The van der Waals surface area contributed by atoms with Gasteiger partial charge in [-0.25, -0.2) is 4.98 Å². The van der Waals surface area contributed by atoms with Gasteiger partial charge in [0, 0.05) is 55.8 Å². The van der Waals surface area contributed by atoms with Crippen LogP contribution in [0.5, 0.6) is 0 Å². The molecule has 31 heavy (non-hydrogen) atoms. The Hall–Kier alpha value is -2.92. The molecule has 2 fully saturated rings. The molecule has 0 N–H and O–H groups in total. The maximum Gasteiger partial charge on any atom is 0.165 e. The number of ketones is 1. The van der Waals surface area contributed by atoms with Crippen molar-refractivity contribution >= 4 is 28.8 Å². The van der Waals surface area contributed by atoms with Crippen molar-refractivity contribution in [2.75, 3.05) is 31.1 Å². The van der Waals surface area contributed by atoms with Crippen LogP contribution in [0.15, 0.2) is 42.7 Å². The number of Topliss-reactive ketones (excluding diaryl/α,β-unsaturated/α-hetero) is 1. The highest BCUT2D eigenvalue weighted by molar-refractivity contribution is 6.25. The number of rotatable bonds is 2. The van der Waals surface area contributed by atoms with Crippen molar-refractivity contribution in [3.63, 3.8) is 0 Å². The van der Waals surface area contributed by atoms with E-state index in [0.29, 0.717) is 12.5 Å². The van der Waals surface area contributed by atoms with Crippen LogP contribution in [0.1, 0.15) is 41.6 Å². The zero-order chi connectivity index (χ0) is 20.9. The smallest absolute Gasteiger partial charge is 0.165 e. The average molecular weight is 413 g/mol. The molecular formula is C26H28N4O. The first-order valence-corrected chi connectivity index (χ1v) is 11.5. The van der Waals surface area contributed by atoms with Gasteiger partial charge in [-0.15, -0.1) is 0 Å². The topological polar surface area (TPSA) is 40.9 Å². The number of aryl methyl sites for hydroxylation is 2. The summed E-state index contributed by atoms with van der Waals surface area (Å²) >= 11 is 0. The quantitative estimate of drug-likeness (QED) is 0.638. The van der Waals surface area contributed by atoms with Gasteiger partial charge in [0.25, 0.3) is 0 Å². The van der Waals surface area contributed by atoms with Gasteiger partial charge in [-0.05, 0) is 79.8 Å². The van der Waals surface area contributed by atoms with E-state index in [1.54, 1.807) is 0 Å². The van der Waals surface area contributed by atoms with Crippen LogP contribution in [0.25, 0.3) is 17.3 Å². The van der Waals surface area contributed by atoms with Crippen molar-refractivity contribution in [1.29, 1.82) is 0 Å². The van der Waals surface area contributed by atoms with Gasteiger partial charge in [-0.3, -0.25) is 9.69 Å². The molecule has 0 bridgehead atoms. The van der Waals surface area contributed by atoms with Crippen molar-refractivity contribution in [2.24, 2.45) is 0 Å². The zero-order valence-corrected chi connectivity index (χ0v) is 18.1. The number of allylic oxidation sites excluding steroid dienone is 1. The minimum absolute atomic E-state index is 0.178. The second-order valence-corrected chi connectivity index (χ2v) is 9.24. The first kappa shape index (κ1) is 18.8. The molecule has 3 aliphatic rings. The average Bonchev–Trinajstić information content (AvgIpc) is 3.38. The van der Waals surface area contributed by atoms with E-state index in [-0.39, 0.29) is 5.78 Å². The second kappa shape index (κ2) is 7.34. The standard InChI is InChI=1S/C26H28N4O/c1-18-8-10-30-17-24(27-26(30)13-18)23-15-20-4-6-21(14-19(20)5-7-25(23)31)29-12-11-28-9-2-3-22(28)16-29/h4,6,8,10,13-15,17,22H,2-3,5,7,9,11-12,16H2,1H3/t22-/m0/s1. The molecule has 2 aliphatic heterocycles. The van der Waals surface area contributed by atoms with Crippen molar-refractivity contribution in [2.45, 2.75) is 38.6 Å². The summed E-state index contributed by atoms with van der Waals surface area (Å²) in [6, 6.07) is 11.6. The summed E-state index contributed by atoms with van der Waals surface area (Å²) in [5, 5.41) is 0. The SMILES string of the molecule is Cc1ccn2cc(C3=Cc4ccc(N5CCN6CCC[C@H]6C5)cc4CCC3=O)nc2c1. The van der Waals surface area contributed by atoms with E-state index in [9.17, 15) is 4.79 Å². The summed E-state index contributed by atoms with van der Waals surface area (Å²) in [5.41, 5.74) is 7.28. The number of hydrogen-bond donors (Lipinski definition) is 0. The molecule has 0 amide bonds. The van der Waals surface area contributed by atoms with Gasteiger partial charge in [-0.2, -0.15) is 0 Å². The number of nitrogens with zero attached hydrogens (tertiary/aromatic N) is 4. The zero-order valence-electron chi connectivity index (χ0n) is 18.1. The number of imidazole rings is 1. The molecule has 1 aliphatic carbocycles. The Kier molecular flexibility index (Phi) is 4.46. The molecule has 1 aromatic carbocycles. The van der Waals surface area contributed by atoms with Crippen LogP contribution in [0, 0.1) is 6.92 Å². The summed E-state index contributed by atoms with van der Waals surface area (Å²) < 4.78 is 1.99. The summed E-state index contributed by atoms with van der Waals surface area (Å²) in [7, 11) is 0.